The Bertz CT molecular complexity index is 729. The van der Waals surface area contributed by atoms with Gasteiger partial charge in [-0.3, -0.25) is 9.59 Å². The number of ether oxygens (including phenoxy) is 2. The molecule has 0 radical (unpaired) electrons. The molecule has 1 saturated heterocycles. The topological polar surface area (TPSA) is 117 Å². The first-order valence-corrected chi connectivity index (χ1v) is 7.46. The van der Waals surface area contributed by atoms with Gasteiger partial charge in [0.05, 0.1) is 11.3 Å². The summed E-state index contributed by atoms with van der Waals surface area (Å²) in [6, 6.07) is 6.17. The third-order valence-electron chi connectivity index (χ3n) is 3.65. The summed E-state index contributed by atoms with van der Waals surface area (Å²) in [7, 11) is 0. The number of ketones is 1. The maximum Gasteiger partial charge on any atom is 0.412 e. The Morgan fingerprint density at radius 2 is 2.08 bits per heavy atom. The van der Waals surface area contributed by atoms with Crippen LogP contribution in [0, 0.1) is 0 Å². The SMILES string of the molecule is CCNC(=O)Oc1ccccc1C(=O)NC1=CC(=O)C2OC2C1O. The minimum absolute atomic E-state index is 0.0663. The van der Waals surface area contributed by atoms with Crippen LogP contribution in [0.2, 0.25) is 0 Å². The molecule has 8 heteroatoms. The number of hydrogen-bond donors (Lipinski definition) is 3. The molecule has 3 atom stereocenters. The molecular weight excluding hydrogens is 316 g/mol. The Labute approximate surface area is 137 Å². The Balaban J connectivity index is 1.76. The van der Waals surface area contributed by atoms with Crippen molar-refractivity contribution in [3.63, 3.8) is 0 Å². The minimum atomic E-state index is -1.08. The van der Waals surface area contributed by atoms with Crippen LogP contribution >= 0.6 is 0 Å². The van der Waals surface area contributed by atoms with Crippen LogP contribution in [-0.4, -0.2) is 47.7 Å². The van der Waals surface area contributed by atoms with Gasteiger partial charge < -0.3 is 25.2 Å². The number of fused-ring (bicyclic) bond motifs is 1. The van der Waals surface area contributed by atoms with Crippen LogP contribution in [0.15, 0.2) is 36.0 Å². The average Bonchev–Trinajstić information content (AvgIpc) is 3.34. The molecule has 1 aliphatic heterocycles. The summed E-state index contributed by atoms with van der Waals surface area (Å²) < 4.78 is 10.1. The highest BCUT2D eigenvalue weighted by molar-refractivity contribution is 6.02. The smallest absolute Gasteiger partial charge is 0.409 e. The van der Waals surface area contributed by atoms with E-state index in [4.69, 9.17) is 9.47 Å². The Morgan fingerprint density at radius 3 is 2.83 bits per heavy atom. The summed E-state index contributed by atoms with van der Waals surface area (Å²) in [5.74, 6) is -0.835. The van der Waals surface area contributed by atoms with Crippen LogP contribution in [-0.2, 0) is 9.53 Å². The molecule has 1 fully saturated rings. The lowest BCUT2D eigenvalue weighted by Gasteiger charge is -2.17. The van der Waals surface area contributed by atoms with Gasteiger partial charge in [0.1, 0.15) is 24.1 Å². The van der Waals surface area contributed by atoms with Gasteiger partial charge in [-0.05, 0) is 19.1 Å². The zero-order valence-corrected chi connectivity index (χ0v) is 12.8. The standard InChI is InChI=1S/C16H16N2O6/c1-2-17-16(22)23-11-6-4-3-5-8(11)15(21)18-9-7-10(19)13-14(24-13)12(9)20/h3-7,12-14,20H,2H2,1H3,(H,17,22)(H,18,21). The van der Waals surface area contributed by atoms with Gasteiger partial charge in [-0.2, -0.15) is 0 Å². The first-order chi connectivity index (χ1) is 11.5. The summed E-state index contributed by atoms with van der Waals surface area (Å²) in [5.41, 5.74) is 0.166. The fourth-order valence-electron chi connectivity index (χ4n) is 2.42. The third kappa shape index (κ3) is 3.15. The Morgan fingerprint density at radius 1 is 1.33 bits per heavy atom. The van der Waals surface area contributed by atoms with E-state index in [0.29, 0.717) is 6.54 Å². The van der Waals surface area contributed by atoms with Crippen LogP contribution < -0.4 is 15.4 Å². The zero-order valence-electron chi connectivity index (χ0n) is 12.8. The highest BCUT2D eigenvalue weighted by Gasteiger charge is 2.53. The molecule has 0 saturated carbocycles. The number of para-hydroxylation sites is 1. The van der Waals surface area contributed by atoms with Crippen molar-refractivity contribution in [2.45, 2.75) is 25.2 Å². The van der Waals surface area contributed by atoms with Crippen molar-refractivity contribution in [3.05, 3.63) is 41.6 Å². The number of amides is 2. The molecule has 0 bridgehead atoms. The Hall–Kier alpha value is -2.71. The van der Waals surface area contributed by atoms with Gasteiger partial charge >= 0.3 is 6.09 Å². The number of aliphatic hydroxyl groups excluding tert-OH is 1. The lowest BCUT2D eigenvalue weighted by atomic mass is 10.0. The molecular formula is C16H16N2O6. The third-order valence-corrected chi connectivity index (χ3v) is 3.65. The number of aliphatic hydroxyl groups is 1. The molecule has 0 aromatic heterocycles. The maximum atomic E-state index is 12.4. The van der Waals surface area contributed by atoms with Gasteiger partial charge in [-0.15, -0.1) is 0 Å². The molecule has 1 aliphatic carbocycles. The fourth-order valence-corrected chi connectivity index (χ4v) is 2.42. The maximum absolute atomic E-state index is 12.4. The molecule has 2 aliphatic rings. The number of nitrogens with one attached hydrogen (secondary N) is 2. The average molecular weight is 332 g/mol. The zero-order chi connectivity index (χ0) is 17.3. The second-order valence-electron chi connectivity index (χ2n) is 5.34. The molecule has 3 rings (SSSR count). The monoisotopic (exact) mass is 332 g/mol. The van der Waals surface area contributed by atoms with Gasteiger partial charge in [-0.25, -0.2) is 4.79 Å². The lowest BCUT2D eigenvalue weighted by molar-refractivity contribution is -0.116. The number of carbonyl (C=O) groups excluding carboxylic acids is 3. The highest BCUT2D eigenvalue weighted by atomic mass is 16.6. The summed E-state index contributed by atoms with van der Waals surface area (Å²) in [6.45, 7) is 2.12. The predicted octanol–water partition coefficient (Wildman–Crippen LogP) is 0.120. The fraction of sp³-hybridized carbons (Fsp3) is 0.312. The van der Waals surface area contributed by atoms with Gasteiger partial charge in [0.2, 0.25) is 0 Å². The van der Waals surface area contributed by atoms with Crippen LogP contribution in [0.25, 0.3) is 0 Å². The summed E-state index contributed by atoms with van der Waals surface area (Å²) in [4.78, 5) is 35.6. The van der Waals surface area contributed by atoms with Gasteiger partial charge in [-0.1, -0.05) is 12.1 Å². The summed E-state index contributed by atoms with van der Waals surface area (Å²) in [6.07, 6.45) is -1.83. The van der Waals surface area contributed by atoms with E-state index >= 15 is 0 Å². The van der Waals surface area contributed by atoms with E-state index in [1.54, 1.807) is 19.1 Å². The quantitative estimate of drug-likeness (QED) is 0.674. The number of carbonyl (C=O) groups is 3. The van der Waals surface area contributed by atoms with E-state index in [1.807, 2.05) is 0 Å². The number of benzene rings is 1. The van der Waals surface area contributed by atoms with Crippen molar-refractivity contribution in [2.24, 2.45) is 0 Å². The van der Waals surface area contributed by atoms with Crippen LogP contribution in [0.1, 0.15) is 17.3 Å². The second kappa shape index (κ2) is 6.42. The van der Waals surface area contributed by atoms with Crippen LogP contribution in [0.3, 0.4) is 0 Å². The number of rotatable bonds is 4. The largest absolute Gasteiger partial charge is 0.412 e. The van der Waals surface area contributed by atoms with Crippen molar-refractivity contribution in [1.82, 2.24) is 10.6 Å². The highest BCUT2D eigenvalue weighted by Crippen LogP contribution is 2.33. The van der Waals surface area contributed by atoms with E-state index in [1.165, 1.54) is 12.1 Å². The van der Waals surface area contributed by atoms with Gasteiger partial charge in [0, 0.05) is 12.6 Å². The first-order valence-electron chi connectivity index (χ1n) is 7.46. The Kier molecular flexibility index (Phi) is 4.32. The molecule has 24 heavy (non-hydrogen) atoms. The van der Waals surface area contributed by atoms with Crippen molar-refractivity contribution >= 4 is 17.8 Å². The summed E-state index contributed by atoms with van der Waals surface area (Å²) >= 11 is 0. The predicted molar refractivity (Wildman–Crippen MR) is 81.4 cm³/mol. The second-order valence-corrected chi connectivity index (χ2v) is 5.34. The van der Waals surface area contributed by atoms with E-state index in [-0.39, 0.29) is 22.8 Å². The van der Waals surface area contributed by atoms with Crippen molar-refractivity contribution in [2.75, 3.05) is 6.54 Å². The van der Waals surface area contributed by atoms with Crippen molar-refractivity contribution < 1.29 is 29.0 Å². The van der Waals surface area contributed by atoms with E-state index in [2.05, 4.69) is 10.6 Å². The molecule has 1 aromatic rings. The van der Waals surface area contributed by atoms with E-state index in [0.717, 1.165) is 6.08 Å². The van der Waals surface area contributed by atoms with Crippen molar-refractivity contribution in [1.29, 1.82) is 0 Å². The number of epoxide rings is 1. The molecule has 1 heterocycles. The summed E-state index contributed by atoms with van der Waals surface area (Å²) in [5, 5.41) is 15.0. The molecule has 0 spiro atoms. The molecule has 3 N–H and O–H groups in total. The van der Waals surface area contributed by atoms with Crippen LogP contribution in [0.5, 0.6) is 5.75 Å². The van der Waals surface area contributed by atoms with E-state index < -0.39 is 30.3 Å². The van der Waals surface area contributed by atoms with Gasteiger partial charge in [0.15, 0.2) is 5.78 Å². The molecule has 2 amide bonds. The molecule has 1 aromatic carbocycles. The van der Waals surface area contributed by atoms with E-state index in [9.17, 15) is 19.5 Å². The number of hydrogen-bond acceptors (Lipinski definition) is 6. The first kappa shape index (κ1) is 16.2. The molecule has 3 unspecified atom stereocenters. The minimum Gasteiger partial charge on any atom is -0.409 e. The van der Waals surface area contributed by atoms with Gasteiger partial charge in [0.25, 0.3) is 5.91 Å². The molecule has 126 valence electrons. The van der Waals surface area contributed by atoms with Crippen LogP contribution in [0.4, 0.5) is 4.79 Å². The van der Waals surface area contributed by atoms with Crippen molar-refractivity contribution in [3.8, 4) is 5.75 Å². The lowest BCUT2D eigenvalue weighted by Crippen LogP contribution is -2.37. The molecule has 8 nitrogen and oxygen atoms in total. The normalized spacial score (nSPS) is 24.5.